The average Bonchev–Trinajstić information content (AvgIpc) is 2.52. The van der Waals surface area contributed by atoms with Crippen molar-refractivity contribution in [1.29, 1.82) is 0 Å². The molecule has 1 saturated heterocycles. The highest BCUT2D eigenvalue weighted by molar-refractivity contribution is 5.39. The first-order chi connectivity index (χ1) is 10.3. The zero-order chi connectivity index (χ0) is 14.7. The number of aryl methyl sites for hydroxylation is 2. The molecule has 0 bridgehead atoms. The first-order valence-electron chi connectivity index (χ1n) is 7.82. The minimum atomic E-state index is 0.369. The quantitative estimate of drug-likeness (QED) is 0.928. The lowest BCUT2D eigenvalue weighted by atomic mass is 9.92. The Morgan fingerprint density at radius 1 is 0.952 bits per heavy atom. The van der Waals surface area contributed by atoms with Crippen LogP contribution in [0.3, 0.4) is 0 Å². The normalized spacial score (nSPS) is 17.6. The predicted octanol–water partition coefficient (Wildman–Crippen LogP) is 3.30. The highest BCUT2D eigenvalue weighted by Gasteiger charge is 2.24. The van der Waals surface area contributed by atoms with Gasteiger partial charge in [0.05, 0.1) is 6.04 Å². The Kier molecular flexibility index (Phi) is 4.37. The molecule has 0 saturated carbocycles. The number of benzene rings is 2. The lowest BCUT2D eigenvalue weighted by Gasteiger charge is -2.36. The molecule has 2 heteroatoms. The van der Waals surface area contributed by atoms with E-state index >= 15 is 0 Å². The van der Waals surface area contributed by atoms with E-state index in [-0.39, 0.29) is 0 Å². The Balaban J connectivity index is 2.02. The van der Waals surface area contributed by atoms with E-state index in [1.807, 2.05) is 0 Å². The molecule has 1 atom stereocenters. The van der Waals surface area contributed by atoms with Crippen LogP contribution >= 0.6 is 0 Å². The van der Waals surface area contributed by atoms with Gasteiger partial charge in [-0.3, -0.25) is 4.90 Å². The standard InChI is InChI=1S/C19H24N2/c1-15-8-9-18(16(2)14-15)19(17-6-4-3-5-7-17)21-12-10-20-11-13-21/h3-9,14,19-20H,10-13H2,1-2H3. The molecular weight excluding hydrogens is 256 g/mol. The maximum absolute atomic E-state index is 3.45. The summed E-state index contributed by atoms with van der Waals surface area (Å²) in [6.45, 7) is 8.77. The van der Waals surface area contributed by atoms with Gasteiger partial charge in [0.1, 0.15) is 0 Å². The van der Waals surface area contributed by atoms with E-state index in [1.54, 1.807) is 0 Å². The van der Waals surface area contributed by atoms with Crippen LogP contribution in [0.5, 0.6) is 0 Å². The van der Waals surface area contributed by atoms with Crippen LogP contribution in [0.1, 0.15) is 28.3 Å². The second-order valence-electron chi connectivity index (χ2n) is 5.96. The molecule has 3 rings (SSSR count). The van der Waals surface area contributed by atoms with Gasteiger partial charge in [0.25, 0.3) is 0 Å². The van der Waals surface area contributed by atoms with Crippen molar-refractivity contribution in [3.8, 4) is 0 Å². The highest BCUT2D eigenvalue weighted by atomic mass is 15.2. The second-order valence-corrected chi connectivity index (χ2v) is 5.96. The van der Waals surface area contributed by atoms with E-state index in [0.29, 0.717) is 6.04 Å². The van der Waals surface area contributed by atoms with Gasteiger partial charge in [-0.2, -0.15) is 0 Å². The fourth-order valence-electron chi connectivity index (χ4n) is 3.30. The first kappa shape index (κ1) is 14.3. The lowest BCUT2D eigenvalue weighted by molar-refractivity contribution is 0.198. The Morgan fingerprint density at radius 2 is 1.67 bits per heavy atom. The fraction of sp³-hybridized carbons (Fsp3) is 0.368. The van der Waals surface area contributed by atoms with Crippen molar-refractivity contribution >= 4 is 0 Å². The van der Waals surface area contributed by atoms with Crippen molar-refractivity contribution < 1.29 is 0 Å². The number of hydrogen-bond acceptors (Lipinski definition) is 2. The molecule has 1 N–H and O–H groups in total. The zero-order valence-electron chi connectivity index (χ0n) is 13.0. The molecule has 0 amide bonds. The number of nitrogens with zero attached hydrogens (tertiary/aromatic N) is 1. The van der Waals surface area contributed by atoms with Crippen LogP contribution in [-0.4, -0.2) is 31.1 Å². The summed E-state index contributed by atoms with van der Waals surface area (Å²) in [6, 6.07) is 18.1. The number of piperazine rings is 1. The molecular formula is C19H24N2. The summed E-state index contributed by atoms with van der Waals surface area (Å²) in [5, 5.41) is 3.45. The van der Waals surface area contributed by atoms with Crippen molar-refractivity contribution in [3.63, 3.8) is 0 Å². The van der Waals surface area contributed by atoms with Crippen molar-refractivity contribution in [1.82, 2.24) is 10.2 Å². The summed E-state index contributed by atoms with van der Waals surface area (Å²) >= 11 is 0. The molecule has 1 aliphatic heterocycles. The molecule has 2 aromatic rings. The molecule has 0 spiro atoms. The molecule has 110 valence electrons. The van der Waals surface area contributed by atoms with E-state index < -0.39 is 0 Å². The summed E-state index contributed by atoms with van der Waals surface area (Å²) in [6.07, 6.45) is 0. The van der Waals surface area contributed by atoms with E-state index in [4.69, 9.17) is 0 Å². The monoisotopic (exact) mass is 280 g/mol. The Hall–Kier alpha value is -1.64. The van der Waals surface area contributed by atoms with E-state index in [0.717, 1.165) is 26.2 Å². The predicted molar refractivity (Wildman–Crippen MR) is 88.6 cm³/mol. The topological polar surface area (TPSA) is 15.3 Å². The molecule has 2 aromatic carbocycles. The van der Waals surface area contributed by atoms with Crippen LogP contribution in [0.2, 0.25) is 0 Å². The third-order valence-electron chi connectivity index (χ3n) is 4.35. The number of nitrogens with one attached hydrogen (secondary N) is 1. The van der Waals surface area contributed by atoms with Crippen molar-refractivity contribution in [2.24, 2.45) is 0 Å². The highest BCUT2D eigenvalue weighted by Crippen LogP contribution is 2.31. The van der Waals surface area contributed by atoms with Crippen molar-refractivity contribution in [2.45, 2.75) is 19.9 Å². The summed E-state index contributed by atoms with van der Waals surface area (Å²) in [5.74, 6) is 0. The van der Waals surface area contributed by atoms with Crippen LogP contribution in [0.15, 0.2) is 48.5 Å². The van der Waals surface area contributed by atoms with Crippen LogP contribution in [0.25, 0.3) is 0 Å². The van der Waals surface area contributed by atoms with E-state index in [9.17, 15) is 0 Å². The van der Waals surface area contributed by atoms with Gasteiger partial charge < -0.3 is 5.32 Å². The molecule has 21 heavy (non-hydrogen) atoms. The fourth-order valence-corrected chi connectivity index (χ4v) is 3.30. The van der Waals surface area contributed by atoms with Crippen LogP contribution in [-0.2, 0) is 0 Å². The molecule has 0 aromatic heterocycles. The van der Waals surface area contributed by atoms with Gasteiger partial charge in [-0.25, -0.2) is 0 Å². The Morgan fingerprint density at radius 3 is 2.33 bits per heavy atom. The first-order valence-corrected chi connectivity index (χ1v) is 7.82. The Labute approximate surface area is 127 Å². The molecule has 1 fully saturated rings. The van der Waals surface area contributed by atoms with E-state index in [2.05, 4.69) is 72.6 Å². The third kappa shape index (κ3) is 3.17. The van der Waals surface area contributed by atoms with Crippen molar-refractivity contribution in [3.05, 3.63) is 70.8 Å². The van der Waals surface area contributed by atoms with Crippen LogP contribution < -0.4 is 5.32 Å². The molecule has 1 unspecified atom stereocenters. The minimum absolute atomic E-state index is 0.369. The zero-order valence-corrected chi connectivity index (χ0v) is 13.0. The molecule has 0 aliphatic carbocycles. The maximum atomic E-state index is 3.45. The SMILES string of the molecule is Cc1ccc(C(c2ccccc2)N2CCNCC2)c(C)c1. The van der Waals surface area contributed by atoms with Gasteiger partial charge in [-0.1, -0.05) is 54.1 Å². The molecule has 2 nitrogen and oxygen atoms in total. The van der Waals surface area contributed by atoms with Gasteiger partial charge in [0, 0.05) is 26.2 Å². The van der Waals surface area contributed by atoms with Gasteiger partial charge in [-0.05, 0) is 30.5 Å². The van der Waals surface area contributed by atoms with E-state index in [1.165, 1.54) is 22.3 Å². The smallest absolute Gasteiger partial charge is 0.0605 e. The molecule has 1 heterocycles. The molecule has 0 radical (unpaired) electrons. The third-order valence-corrected chi connectivity index (χ3v) is 4.35. The summed E-state index contributed by atoms with van der Waals surface area (Å²) in [5.41, 5.74) is 5.56. The van der Waals surface area contributed by atoms with Crippen LogP contribution in [0, 0.1) is 13.8 Å². The number of hydrogen-bond donors (Lipinski definition) is 1. The van der Waals surface area contributed by atoms with Gasteiger partial charge in [-0.15, -0.1) is 0 Å². The van der Waals surface area contributed by atoms with Crippen LogP contribution in [0.4, 0.5) is 0 Å². The lowest BCUT2D eigenvalue weighted by Crippen LogP contribution is -2.45. The van der Waals surface area contributed by atoms with Gasteiger partial charge >= 0.3 is 0 Å². The minimum Gasteiger partial charge on any atom is -0.314 e. The van der Waals surface area contributed by atoms with Gasteiger partial charge in [0.2, 0.25) is 0 Å². The Bertz CT molecular complexity index is 586. The summed E-state index contributed by atoms with van der Waals surface area (Å²) in [4.78, 5) is 2.60. The summed E-state index contributed by atoms with van der Waals surface area (Å²) < 4.78 is 0. The van der Waals surface area contributed by atoms with Gasteiger partial charge in [0.15, 0.2) is 0 Å². The van der Waals surface area contributed by atoms with Crippen molar-refractivity contribution in [2.75, 3.05) is 26.2 Å². The maximum Gasteiger partial charge on any atom is 0.0605 e. The largest absolute Gasteiger partial charge is 0.314 e. The average molecular weight is 280 g/mol. The molecule has 1 aliphatic rings. The number of rotatable bonds is 3. The second kappa shape index (κ2) is 6.42. The summed E-state index contributed by atoms with van der Waals surface area (Å²) in [7, 11) is 0.